The number of hydrogen-bond acceptors (Lipinski definition) is 3. The summed E-state index contributed by atoms with van der Waals surface area (Å²) in [6.45, 7) is 3.10. The first kappa shape index (κ1) is 13.4. The van der Waals surface area contributed by atoms with E-state index in [2.05, 4.69) is 0 Å². The Bertz CT molecular complexity index is 604. The molecule has 0 bridgehead atoms. The second-order valence-electron chi connectivity index (χ2n) is 4.48. The molecule has 0 heterocycles. The smallest absolute Gasteiger partial charge is 0.344 e. The predicted molar refractivity (Wildman–Crippen MR) is 72.3 cm³/mol. The highest BCUT2D eigenvalue weighted by molar-refractivity contribution is 5.90. The Morgan fingerprint density at radius 2 is 1.84 bits per heavy atom. The van der Waals surface area contributed by atoms with Crippen molar-refractivity contribution in [2.45, 2.75) is 26.1 Å². The molecule has 2 aromatic rings. The molecule has 2 unspecified atom stereocenters. The van der Waals surface area contributed by atoms with Gasteiger partial charge in [-0.05, 0) is 19.2 Å². The van der Waals surface area contributed by atoms with E-state index in [0.29, 0.717) is 11.3 Å². The number of carboxylic acids is 1. The van der Waals surface area contributed by atoms with Gasteiger partial charge in [-0.1, -0.05) is 36.4 Å². The summed E-state index contributed by atoms with van der Waals surface area (Å²) in [5.74, 6) is -0.604. The summed E-state index contributed by atoms with van der Waals surface area (Å²) < 4.78 is 5.52. The van der Waals surface area contributed by atoms with Gasteiger partial charge in [-0.25, -0.2) is 4.79 Å². The lowest BCUT2D eigenvalue weighted by atomic mass is 10.0. The Hall–Kier alpha value is -2.07. The Morgan fingerprint density at radius 3 is 2.47 bits per heavy atom. The summed E-state index contributed by atoms with van der Waals surface area (Å²) in [5.41, 5.74) is 0.590. The number of rotatable bonds is 4. The summed E-state index contributed by atoms with van der Waals surface area (Å²) >= 11 is 0. The third-order valence-corrected chi connectivity index (χ3v) is 3.00. The maximum absolute atomic E-state index is 10.9. The van der Waals surface area contributed by atoms with Crippen LogP contribution in [-0.2, 0) is 4.79 Å². The molecule has 4 nitrogen and oxygen atoms in total. The number of ether oxygens (including phenoxy) is 1. The molecule has 2 rings (SSSR count). The van der Waals surface area contributed by atoms with Gasteiger partial charge in [0.25, 0.3) is 0 Å². The molecule has 2 aromatic carbocycles. The molecule has 0 aliphatic rings. The number of aliphatic hydroxyl groups excluding tert-OH is 1. The van der Waals surface area contributed by atoms with E-state index in [0.717, 1.165) is 10.8 Å². The highest BCUT2D eigenvalue weighted by Gasteiger charge is 2.19. The van der Waals surface area contributed by atoms with E-state index in [1.165, 1.54) is 6.92 Å². The monoisotopic (exact) mass is 260 g/mol. The fourth-order valence-corrected chi connectivity index (χ4v) is 1.95. The molecule has 0 fully saturated rings. The Morgan fingerprint density at radius 1 is 1.16 bits per heavy atom. The van der Waals surface area contributed by atoms with Gasteiger partial charge in [0, 0.05) is 10.9 Å². The minimum atomic E-state index is -1.04. The van der Waals surface area contributed by atoms with Crippen LogP contribution in [0.5, 0.6) is 5.75 Å². The van der Waals surface area contributed by atoms with Crippen molar-refractivity contribution in [2.75, 3.05) is 0 Å². The van der Waals surface area contributed by atoms with Crippen LogP contribution in [0.25, 0.3) is 10.8 Å². The van der Waals surface area contributed by atoms with Gasteiger partial charge < -0.3 is 14.9 Å². The van der Waals surface area contributed by atoms with Gasteiger partial charge in [0.1, 0.15) is 5.75 Å². The van der Waals surface area contributed by atoms with E-state index in [4.69, 9.17) is 9.84 Å². The third-order valence-electron chi connectivity index (χ3n) is 3.00. The number of benzene rings is 2. The quantitative estimate of drug-likeness (QED) is 0.887. The fourth-order valence-electron chi connectivity index (χ4n) is 1.95. The molecule has 4 heteroatoms. The summed E-state index contributed by atoms with van der Waals surface area (Å²) in [6.07, 6.45) is -1.69. The Kier molecular flexibility index (Phi) is 3.71. The Balaban J connectivity index is 2.59. The molecular formula is C15H16O4. The van der Waals surface area contributed by atoms with Crippen molar-refractivity contribution in [3.05, 3.63) is 42.0 Å². The summed E-state index contributed by atoms with van der Waals surface area (Å²) in [5, 5.41) is 20.5. The minimum Gasteiger partial charge on any atom is -0.479 e. The highest BCUT2D eigenvalue weighted by atomic mass is 16.5. The molecule has 0 amide bonds. The molecule has 0 saturated carbocycles. The van der Waals surface area contributed by atoms with Crippen LogP contribution in [0.15, 0.2) is 36.4 Å². The van der Waals surface area contributed by atoms with Gasteiger partial charge in [0.05, 0.1) is 6.10 Å². The second kappa shape index (κ2) is 5.28. The lowest BCUT2D eigenvalue weighted by Gasteiger charge is -2.18. The number of fused-ring (bicyclic) bond motifs is 1. The maximum atomic E-state index is 10.9. The van der Waals surface area contributed by atoms with Crippen molar-refractivity contribution < 1.29 is 19.7 Å². The van der Waals surface area contributed by atoms with Crippen LogP contribution < -0.4 is 4.74 Å². The lowest BCUT2D eigenvalue weighted by Crippen LogP contribution is -2.23. The molecule has 19 heavy (non-hydrogen) atoms. The van der Waals surface area contributed by atoms with Crippen LogP contribution in [0.3, 0.4) is 0 Å². The third kappa shape index (κ3) is 2.69. The van der Waals surface area contributed by atoms with Crippen molar-refractivity contribution in [2.24, 2.45) is 0 Å². The van der Waals surface area contributed by atoms with E-state index in [1.807, 2.05) is 30.3 Å². The van der Waals surface area contributed by atoms with Gasteiger partial charge in [0.2, 0.25) is 0 Å². The molecule has 0 aliphatic heterocycles. The molecule has 2 atom stereocenters. The molecule has 0 saturated heterocycles. The molecule has 0 aliphatic carbocycles. The van der Waals surface area contributed by atoms with Crippen molar-refractivity contribution in [3.63, 3.8) is 0 Å². The molecular weight excluding hydrogens is 244 g/mol. The van der Waals surface area contributed by atoms with Crippen molar-refractivity contribution in [1.82, 2.24) is 0 Å². The number of carbonyl (C=O) groups is 1. The van der Waals surface area contributed by atoms with Gasteiger partial charge in [-0.2, -0.15) is 0 Å². The van der Waals surface area contributed by atoms with Gasteiger partial charge in [0.15, 0.2) is 6.10 Å². The van der Waals surface area contributed by atoms with E-state index >= 15 is 0 Å². The van der Waals surface area contributed by atoms with Crippen molar-refractivity contribution >= 4 is 16.7 Å². The zero-order chi connectivity index (χ0) is 14.0. The molecule has 2 N–H and O–H groups in total. The van der Waals surface area contributed by atoms with Crippen LogP contribution in [-0.4, -0.2) is 22.3 Å². The van der Waals surface area contributed by atoms with Crippen LogP contribution in [0, 0.1) is 0 Å². The topological polar surface area (TPSA) is 66.8 Å². The van der Waals surface area contributed by atoms with Crippen LogP contribution in [0.2, 0.25) is 0 Å². The molecule has 0 aromatic heterocycles. The first-order chi connectivity index (χ1) is 9.00. The van der Waals surface area contributed by atoms with E-state index in [1.54, 1.807) is 13.0 Å². The van der Waals surface area contributed by atoms with E-state index in [9.17, 15) is 9.90 Å². The van der Waals surface area contributed by atoms with E-state index in [-0.39, 0.29) is 0 Å². The lowest BCUT2D eigenvalue weighted by molar-refractivity contribution is -0.144. The highest BCUT2D eigenvalue weighted by Crippen LogP contribution is 2.34. The summed E-state index contributed by atoms with van der Waals surface area (Å²) in [6, 6.07) is 11.2. The second-order valence-corrected chi connectivity index (χ2v) is 4.48. The number of hydrogen-bond donors (Lipinski definition) is 2. The zero-order valence-corrected chi connectivity index (χ0v) is 10.8. The molecule has 0 radical (unpaired) electrons. The molecule has 100 valence electrons. The van der Waals surface area contributed by atoms with E-state index < -0.39 is 18.2 Å². The number of aliphatic carboxylic acids is 1. The van der Waals surface area contributed by atoms with Crippen molar-refractivity contribution in [3.8, 4) is 5.75 Å². The average molecular weight is 260 g/mol. The predicted octanol–water partition coefficient (Wildman–Crippen LogP) is 2.75. The standard InChI is InChI=1S/C15H16O4/c1-9(16)12-8-7-11-5-3-4-6-13(11)14(12)19-10(2)15(17)18/h3-10,16H,1-2H3,(H,17,18). The first-order valence-corrected chi connectivity index (χ1v) is 6.10. The van der Waals surface area contributed by atoms with Crippen LogP contribution in [0.4, 0.5) is 0 Å². The fraction of sp³-hybridized carbons (Fsp3) is 0.267. The maximum Gasteiger partial charge on any atom is 0.344 e. The van der Waals surface area contributed by atoms with Crippen LogP contribution in [0.1, 0.15) is 25.5 Å². The first-order valence-electron chi connectivity index (χ1n) is 6.10. The van der Waals surface area contributed by atoms with Gasteiger partial charge in [-0.3, -0.25) is 0 Å². The SMILES string of the molecule is CC(Oc1c(C(C)O)ccc2ccccc12)C(=O)O. The normalized spacial score (nSPS) is 14.1. The number of aliphatic hydroxyl groups is 1. The van der Waals surface area contributed by atoms with Crippen molar-refractivity contribution in [1.29, 1.82) is 0 Å². The summed E-state index contributed by atoms with van der Waals surface area (Å²) in [7, 11) is 0. The number of carboxylic acid groups (broad SMARTS) is 1. The van der Waals surface area contributed by atoms with Gasteiger partial charge in [-0.15, -0.1) is 0 Å². The Labute approximate surface area is 111 Å². The minimum absolute atomic E-state index is 0.433. The zero-order valence-electron chi connectivity index (χ0n) is 10.8. The molecule has 0 spiro atoms. The van der Waals surface area contributed by atoms with Gasteiger partial charge >= 0.3 is 5.97 Å². The summed E-state index contributed by atoms with van der Waals surface area (Å²) in [4.78, 5) is 10.9. The average Bonchev–Trinajstić information content (AvgIpc) is 2.38. The largest absolute Gasteiger partial charge is 0.479 e. The van der Waals surface area contributed by atoms with Crippen LogP contribution >= 0.6 is 0 Å².